The summed E-state index contributed by atoms with van der Waals surface area (Å²) in [5.74, 6) is -0.0317. The number of rotatable bonds is 2. The molecule has 0 spiro atoms. The zero-order valence-electron chi connectivity index (χ0n) is 8.33. The molecule has 6 heteroatoms. The molecule has 0 aliphatic heterocycles. The molecule has 0 fully saturated rings. The first kappa shape index (κ1) is 10.9. The second-order valence-electron chi connectivity index (χ2n) is 3.03. The van der Waals surface area contributed by atoms with Gasteiger partial charge in [0, 0.05) is 4.47 Å². The van der Waals surface area contributed by atoms with E-state index in [1.54, 1.807) is 6.07 Å². The average molecular weight is 287 g/mol. The molecule has 1 aromatic heterocycles. The number of hydrogen-bond acceptors (Lipinski definition) is 4. The van der Waals surface area contributed by atoms with E-state index in [0.29, 0.717) is 15.8 Å². The SMILES string of the molecule is COc1c(F)cc(Br)cc1-c1cnc(N)o1. The van der Waals surface area contributed by atoms with Crippen molar-refractivity contribution in [1.29, 1.82) is 0 Å². The van der Waals surface area contributed by atoms with Crippen molar-refractivity contribution >= 4 is 21.9 Å². The largest absolute Gasteiger partial charge is 0.493 e. The van der Waals surface area contributed by atoms with E-state index in [-0.39, 0.29) is 11.8 Å². The molecule has 2 aromatic rings. The Morgan fingerprint density at radius 3 is 2.81 bits per heavy atom. The van der Waals surface area contributed by atoms with Crippen LogP contribution in [0.1, 0.15) is 0 Å². The molecule has 84 valence electrons. The maximum absolute atomic E-state index is 13.6. The highest BCUT2D eigenvalue weighted by Gasteiger charge is 2.15. The van der Waals surface area contributed by atoms with Crippen molar-refractivity contribution in [1.82, 2.24) is 4.98 Å². The predicted molar refractivity (Wildman–Crippen MR) is 60.6 cm³/mol. The highest BCUT2D eigenvalue weighted by molar-refractivity contribution is 9.10. The Morgan fingerprint density at radius 2 is 2.25 bits per heavy atom. The summed E-state index contributed by atoms with van der Waals surface area (Å²) in [7, 11) is 1.38. The first-order chi connectivity index (χ1) is 7.61. The molecule has 2 rings (SSSR count). The number of ether oxygens (including phenoxy) is 1. The van der Waals surface area contributed by atoms with E-state index in [2.05, 4.69) is 20.9 Å². The maximum Gasteiger partial charge on any atom is 0.292 e. The topological polar surface area (TPSA) is 61.3 Å². The average Bonchev–Trinajstić information content (AvgIpc) is 2.63. The van der Waals surface area contributed by atoms with Gasteiger partial charge in [0.2, 0.25) is 0 Å². The van der Waals surface area contributed by atoms with Crippen LogP contribution in [0.5, 0.6) is 5.75 Å². The minimum atomic E-state index is -0.484. The van der Waals surface area contributed by atoms with Crippen LogP contribution < -0.4 is 10.5 Å². The summed E-state index contributed by atoms with van der Waals surface area (Å²) < 4.78 is 24.2. The molecule has 4 nitrogen and oxygen atoms in total. The van der Waals surface area contributed by atoms with E-state index in [9.17, 15) is 4.39 Å². The molecule has 0 bridgehead atoms. The molecule has 1 aromatic carbocycles. The fourth-order valence-electron chi connectivity index (χ4n) is 1.36. The van der Waals surface area contributed by atoms with E-state index < -0.39 is 5.82 Å². The predicted octanol–water partition coefficient (Wildman–Crippen LogP) is 2.83. The van der Waals surface area contributed by atoms with Gasteiger partial charge >= 0.3 is 0 Å². The Kier molecular flexibility index (Phi) is 2.82. The molecule has 0 unspecified atom stereocenters. The van der Waals surface area contributed by atoms with Crippen LogP contribution >= 0.6 is 15.9 Å². The quantitative estimate of drug-likeness (QED) is 0.922. The number of methoxy groups -OCH3 is 1. The molecule has 16 heavy (non-hydrogen) atoms. The van der Waals surface area contributed by atoms with Crippen LogP contribution in [0, 0.1) is 5.82 Å². The van der Waals surface area contributed by atoms with Crippen LogP contribution in [-0.4, -0.2) is 12.1 Å². The summed E-state index contributed by atoms with van der Waals surface area (Å²) in [4.78, 5) is 3.75. The van der Waals surface area contributed by atoms with E-state index in [1.807, 2.05) is 0 Å². The van der Waals surface area contributed by atoms with Gasteiger partial charge in [-0.25, -0.2) is 9.37 Å². The van der Waals surface area contributed by atoms with Gasteiger partial charge in [-0.05, 0) is 12.1 Å². The lowest BCUT2D eigenvalue weighted by molar-refractivity contribution is 0.386. The molecule has 1 heterocycles. The summed E-state index contributed by atoms with van der Waals surface area (Å²) in [6.45, 7) is 0. The summed E-state index contributed by atoms with van der Waals surface area (Å²) >= 11 is 3.19. The fraction of sp³-hybridized carbons (Fsp3) is 0.100. The molecular weight excluding hydrogens is 279 g/mol. The zero-order valence-corrected chi connectivity index (χ0v) is 9.92. The Hall–Kier alpha value is -1.56. The summed E-state index contributed by atoms with van der Waals surface area (Å²) in [6.07, 6.45) is 1.42. The van der Waals surface area contributed by atoms with E-state index in [1.165, 1.54) is 19.4 Å². The third-order valence-electron chi connectivity index (χ3n) is 2.00. The normalized spacial score (nSPS) is 10.4. The fourth-order valence-corrected chi connectivity index (χ4v) is 1.79. The smallest absolute Gasteiger partial charge is 0.292 e. The Bertz CT molecular complexity index is 528. The van der Waals surface area contributed by atoms with Crippen molar-refractivity contribution in [2.75, 3.05) is 12.8 Å². The highest BCUT2D eigenvalue weighted by Crippen LogP contribution is 2.35. The lowest BCUT2D eigenvalue weighted by atomic mass is 10.1. The van der Waals surface area contributed by atoms with Crippen molar-refractivity contribution in [3.63, 3.8) is 0 Å². The number of aromatic nitrogens is 1. The minimum absolute atomic E-state index is 0.0254. The first-order valence-electron chi connectivity index (χ1n) is 4.36. The molecule has 0 saturated carbocycles. The monoisotopic (exact) mass is 286 g/mol. The van der Waals surface area contributed by atoms with Crippen LogP contribution in [0.3, 0.4) is 0 Å². The third kappa shape index (κ3) is 1.88. The minimum Gasteiger partial charge on any atom is -0.493 e. The Labute approximate surface area is 99.4 Å². The van der Waals surface area contributed by atoms with Gasteiger partial charge in [0.15, 0.2) is 17.3 Å². The van der Waals surface area contributed by atoms with E-state index >= 15 is 0 Å². The summed E-state index contributed by atoms with van der Waals surface area (Å²) in [5.41, 5.74) is 5.82. The molecule has 0 atom stereocenters. The van der Waals surface area contributed by atoms with Gasteiger partial charge in [0.05, 0.1) is 18.9 Å². The van der Waals surface area contributed by atoms with Crippen molar-refractivity contribution in [3.8, 4) is 17.1 Å². The molecule has 0 aliphatic carbocycles. The number of benzene rings is 1. The number of hydrogen-bond donors (Lipinski definition) is 1. The van der Waals surface area contributed by atoms with Gasteiger partial charge < -0.3 is 14.9 Å². The van der Waals surface area contributed by atoms with E-state index in [0.717, 1.165) is 0 Å². The molecular formula is C10H8BrFN2O2. The van der Waals surface area contributed by atoms with Gasteiger partial charge in [-0.1, -0.05) is 15.9 Å². The second-order valence-corrected chi connectivity index (χ2v) is 3.95. The maximum atomic E-state index is 13.6. The molecule has 0 radical (unpaired) electrons. The van der Waals surface area contributed by atoms with Crippen LogP contribution in [-0.2, 0) is 0 Å². The van der Waals surface area contributed by atoms with Gasteiger partial charge in [-0.3, -0.25) is 0 Å². The molecule has 0 saturated heterocycles. The first-order valence-corrected chi connectivity index (χ1v) is 5.16. The molecule has 0 aliphatic rings. The number of nitrogens with zero attached hydrogens (tertiary/aromatic N) is 1. The number of anilines is 1. The number of nitrogen functional groups attached to an aromatic ring is 1. The van der Waals surface area contributed by atoms with Crippen LogP contribution in [0.15, 0.2) is 27.2 Å². The van der Waals surface area contributed by atoms with E-state index in [4.69, 9.17) is 14.9 Å². The number of nitrogens with two attached hydrogens (primary N) is 1. The van der Waals surface area contributed by atoms with Gasteiger partial charge in [-0.15, -0.1) is 0 Å². The lowest BCUT2D eigenvalue weighted by Gasteiger charge is -2.07. The van der Waals surface area contributed by atoms with Crippen LogP contribution in [0.4, 0.5) is 10.4 Å². The highest BCUT2D eigenvalue weighted by atomic mass is 79.9. The lowest BCUT2D eigenvalue weighted by Crippen LogP contribution is -1.91. The Morgan fingerprint density at radius 1 is 1.50 bits per heavy atom. The summed E-state index contributed by atoms with van der Waals surface area (Å²) in [5, 5.41) is 0. The molecule has 0 amide bonds. The number of oxazole rings is 1. The van der Waals surface area contributed by atoms with Gasteiger partial charge in [0.25, 0.3) is 6.01 Å². The van der Waals surface area contributed by atoms with Crippen LogP contribution in [0.25, 0.3) is 11.3 Å². The second kappa shape index (κ2) is 4.13. The van der Waals surface area contributed by atoms with Crippen molar-refractivity contribution in [2.45, 2.75) is 0 Å². The molecule has 2 N–H and O–H groups in total. The number of halogens is 2. The van der Waals surface area contributed by atoms with Crippen LogP contribution in [0.2, 0.25) is 0 Å². The van der Waals surface area contributed by atoms with Gasteiger partial charge in [-0.2, -0.15) is 0 Å². The van der Waals surface area contributed by atoms with Crippen molar-refractivity contribution in [2.24, 2.45) is 0 Å². The van der Waals surface area contributed by atoms with Gasteiger partial charge in [0.1, 0.15) is 0 Å². The van der Waals surface area contributed by atoms with Crippen molar-refractivity contribution in [3.05, 3.63) is 28.6 Å². The summed E-state index contributed by atoms with van der Waals surface area (Å²) in [6, 6.07) is 3.00. The standard InChI is InChI=1S/C10H8BrFN2O2/c1-15-9-6(2-5(11)3-7(9)12)8-4-14-10(13)16-8/h2-4H,1H3,(H2,13,14). The Balaban J connectivity index is 2.63. The zero-order chi connectivity index (χ0) is 11.7. The third-order valence-corrected chi connectivity index (χ3v) is 2.46. The van der Waals surface area contributed by atoms with Crippen molar-refractivity contribution < 1.29 is 13.5 Å².